The van der Waals surface area contributed by atoms with Gasteiger partial charge < -0.3 is 14.8 Å². The van der Waals surface area contributed by atoms with Crippen molar-refractivity contribution in [1.29, 1.82) is 0 Å². The number of hydrogen-bond donors (Lipinski definition) is 1. The predicted molar refractivity (Wildman–Crippen MR) is 95.6 cm³/mol. The molecule has 6 heteroatoms. The highest BCUT2D eigenvalue weighted by Crippen LogP contribution is 2.16. The van der Waals surface area contributed by atoms with Crippen LogP contribution in [0.2, 0.25) is 5.02 Å². The highest BCUT2D eigenvalue weighted by atomic mass is 35.5. The normalized spacial score (nSPS) is 10.2. The van der Waals surface area contributed by atoms with Crippen LogP contribution in [0.4, 0.5) is 0 Å². The maximum absolute atomic E-state index is 11.8. The second kappa shape index (κ2) is 9.69. The molecule has 1 N–H and O–H groups in total. The number of ether oxygens (including phenoxy) is 2. The molecule has 0 aromatic heterocycles. The van der Waals surface area contributed by atoms with E-state index in [0.717, 1.165) is 16.9 Å². The minimum Gasteiger partial charge on any atom is -0.497 e. The van der Waals surface area contributed by atoms with Crippen LogP contribution >= 0.6 is 11.6 Å². The standard InChI is InChI=1S/C19H20ClNO4/c1-24-16-7-4-5-14(11-16)12-21-18(22)13-25-19(23)10-9-15-6-2-3-8-17(15)20/h2-8,11H,9-10,12-13H2,1H3,(H,21,22). The van der Waals surface area contributed by atoms with E-state index in [1.807, 2.05) is 42.5 Å². The Bertz CT molecular complexity index is 733. The molecule has 0 atom stereocenters. The van der Waals surface area contributed by atoms with Crippen LogP contribution in [0.1, 0.15) is 17.5 Å². The van der Waals surface area contributed by atoms with Gasteiger partial charge in [-0.25, -0.2) is 0 Å². The molecule has 5 nitrogen and oxygen atoms in total. The molecule has 0 radical (unpaired) electrons. The molecule has 0 spiro atoms. The molecular weight excluding hydrogens is 342 g/mol. The molecule has 2 aromatic carbocycles. The van der Waals surface area contributed by atoms with Crippen LogP contribution in [0.25, 0.3) is 0 Å². The third-order valence-electron chi connectivity index (χ3n) is 3.54. The molecule has 0 aliphatic carbocycles. The highest BCUT2D eigenvalue weighted by molar-refractivity contribution is 6.31. The van der Waals surface area contributed by atoms with Crippen LogP contribution in [0, 0.1) is 0 Å². The van der Waals surface area contributed by atoms with E-state index >= 15 is 0 Å². The van der Waals surface area contributed by atoms with E-state index < -0.39 is 5.97 Å². The van der Waals surface area contributed by atoms with E-state index in [-0.39, 0.29) is 18.9 Å². The monoisotopic (exact) mass is 361 g/mol. The van der Waals surface area contributed by atoms with Gasteiger partial charge in [0.2, 0.25) is 0 Å². The van der Waals surface area contributed by atoms with Gasteiger partial charge in [0.25, 0.3) is 5.91 Å². The van der Waals surface area contributed by atoms with Gasteiger partial charge in [-0.15, -0.1) is 0 Å². The zero-order chi connectivity index (χ0) is 18.1. The van der Waals surface area contributed by atoms with Gasteiger partial charge in [0, 0.05) is 18.0 Å². The molecule has 132 valence electrons. The number of hydrogen-bond acceptors (Lipinski definition) is 4. The van der Waals surface area contributed by atoms with Gasteiger partial charge in [0.15, 0.2) is 6.61 Å². The van der Waals surface area contributed by atoms with Crippen molar-refractivity contribution in [2.75, 3.05) is 13.7 Å². The first-order valence-corrected chi connectivity index (χ1v) is 8.25. The molecule has 0 saturated heterocycles. The summed E-state index contributed by atoms with van der Waals surface area (Å²) < 4.78 is 10.1. The number of carbonyl (C=O) groups excluding carboxylic acids is 2. The fourth-order valence-electron chi connectivity index (χ4n) is 2.19. The Balaban J connectivity index is 1.68. The fraction of sp³-hybridized carbons (Fsp3) is 0.263. The summed E-state index contributed by atoms with van der Waals surface area (Å²) in [6, 6.07) is 14.7. The molecular formula is C19H20ClNO4. The van der Waals surface area contributed by atoms with E-state index in [0.29, 0.717) is 18.0 Å². The number of carbonyl (C=O) groups is 2. The van der Waals surface area contributed by atoms with Crippen LogP contribution < -0.4 is 10.1 Å². The first kappa shape index (κ1) is 18.8. The first-order chi connectivity index (χ1) is 12.1. The predicted octanol–water partition coefficient (Wildman–Crippen LogP) is 3.14. The summed E-state index contributed by atoms with van der Waals surface area (Å²) in [5, 5.41) is 3.31. The van der Waals surface area contributed by atoms with Crippen LogP contribution in [0.3, 0.4) is 0 Å². The number of methoxy groups -OCH3 is 1. The number of esters is 1. The van der Waals surface area contributed by atoms with Crippen LogP contribution in [0.15, 0.2) is 48.5 Å². The Morgan fingerprint density at radius 3 is 2.68 bits per heavy atom. The third-order valence-corrected chi connectivity index (χ3v) is 3.91. The molecule has 0 heterocycles. The SMILES string of the molecule is COc1cccc(CNC(=O)COC(=O)CCc2ccccc2Cl)c1. The zero-order valence-corrected chi connectivity index (χ0v) is 14.7. The van der Waals surface area contributed by atoms with Crippen LogP contribution in [0.5, 0.6) is 5.75 Å². The molecule has 0 aliphatic rings. The van der Waals surface area contributed by atoms with Gasteiger partial charge in [-0.05, 0) is 35.7 Å². The summed E-state index contributed by atoms with van der Waals surface area (Å²) in [5.41, 5.74) is 1.78. The quantitative estimate of drug-likeness (QED) is 0.733. The van der Waals surface area contributed by atoms with Crippen LogP contribution in [-0.2, 0) is 27.3 Å². The molecule has 0 saturated carbocycles. The maximum atomic E-state index is 11.8. The van der Waals surface area contributed by atoms with Crippen molar-refractivity contribution in [3.8, 4) is 5.75 Å². The van der Waals surface area contributed by atoms with Crippen molar-refractivity contribution in [3.63, 3.8) is 0 Å². The van der Waals surface area contributed by atoms with Gasteiger partial charge in [-0.3, -0.25) is 9.59 Å². The first-order valence-electron chi connectivity index (χ1n) is 7.87. The fourth-order valence-corrected chi connectivity index (χ4v) is 2.42. The van der Waals surface area contributed by atoms with E-state index in [1.165, 1.54) is 0 Å². The van der Waals surface area contributed by atoms with E-state index in [2.05, 4.69) is 5.32 Å². The minimum absolute atomic E-state index is 0.174. The second-order valence-electron chi connectivity index (χ2n) is 5.38. The Hall–Kier alpha value is -2.53. The van der Waals surface area contributed by atoms with Gasteiger partial charge in [-0.1, -0.05) is 41.9 Å². The number of halogens is 1. The molecule has 0 unspecified atom stereocenters. The second-order valence-corrected chi connectivity index (χ2v) is 5.79. The van der Waals surface area contributed by atoms with Crippen molar-refractivity contribution in [3.05, 3.63) is 64.7 Å². The average molecular weight is 362 g/mol. The van der Waals surface area contributed by atoms with Crippen molar-refractivity contribution in [2.24, 2.45) is 0 Å². The number of amides is 1. The van der Waals surface area contributed by atoms with E-state index in [1.54, 1.807) is 13.2 Å². The Kier molecular flexibility index (Phi) is 7.29. The number of rotatable bonds is 8. The summed E-state index contributed by atoms with van der Waals surface area (Å²) in [5.74, 6) is -0.0666. The topological polar surface area (TPSA) is 64.6 Å². The van der Waals surface area contributed by atoms with Gasteiger partial charge in [0.05, 0.1) is 7.11 Å². The average Bonchev–Trinajstić information content (AvgIpc) is 2.64. The Labute approximate surface area is 151 Å². The molecule has 2 rings (SSSR count). The third kappa shape index (κ3) is 6.47. The number of benzene rings is 2. The highest BCUT2D eigenvalue weighted by Gasteiger charge is 2.09. The van der Waals surface area contributed by atoms with E-state index in [9.17, 15) is 9.59 Å². The van der Waals surface area contributed by atoms with Crippen molar-refractivity contribution in [1.82, 2.24) is 5.32 Å². The maximum Gasteiger partial charge on any atom is 0.306 e. The summed E-state index contributed by atoms with van der Waals surface area (Å²) in [4.78, 5) is 23.5. The Morgan fingerprint density at radius 2 is 1.92 bits per heavy atom. The van der Waals surface area contributed by atoms with Crippen molar-refractivity contribution in [2.45, 2.75) is 19.4 Å². The summed E-state index contributed by atoms with van der Waals surface area (Å²) in [6.07, 6.45) is 0.650. The molecule has 0 aliphatic heterocycles. The lowest BCUT2D eigenvalue weighted by atomic mass is 10.1. The molecule has 2 aromatic rings. The lowest BCUT2D eigenvalue weighted by Crippen LogP contribution is -2.28. The molecule has 25 heavy (non-hydrogen) atoms. The summed E-state index contributed by atoms with van der Waals surface area (Å²) >= 11 is 6.03. The summed E-state index contributed by atoms with van der Waals surface area (Å²) in [6.45, 7) is 0.0402. The minimum atomic E-state index is -0.434. The smallest absolute Gasteiger partial charge is 0.306 e. The van der Waals surface area contributed by atoms with Gasteiger partial charge in [-0.2, -0.15) is 0 Å². The lowest BCUT2D eigenvalue weighted by Gasteiger charge is -2.08. The lowest BCUT2D eigenvalue weighted by molar-refractivity contribution is -0.148. The zero-order valence-electron chi connectivity index (χ0n) is 14.0. The number of aryl methyl sites for hydroxylation is 1. The van der Waals surface area contributed by atoms with Crippen molar-refractivity contribution >= 4 is 23.5 Å². The Morgan fingerprint density at radius 1 is 1.12 bits per heavy atom. The molecule has 1 amide bonds. The molecule has 0 fully saturated rings. The largest absolute Gasteiger partial charge is 0.497 e. The summed E-state index contributed by atoms with van der Waals surface area (Å²) in [7, 11) is 1.58. The number of nitrogens with one attached hydrogen (secondary N) is 1. The van der Waals surface area contributed by atoms with Gasteiger partial charge in [0.1, 0.15) is 5.75 Å². The van der Waals surface area contributed by atoms with E-state index in [4.69, 9.17) is 21.1 Å². The molecule has 0 bridgehead atoms. The van der Waals surface area contributed by atoms with Crippen molar-refractivity contribution < 1.29 is 19.1 Å². The van der Waals surface area contributed by atoms with Crippen LogP contribution in [-0.4, -0.2) is 25.6 Å². The van der Waals surface area contributed by atoms with Gasteiger partial charge >= 0.3 is 5.97 Å².